The summed E-state index contributed by atoms with van der Waals surface area (Å²) < 4.78 is 5.22. The number of hydrogen-bond acceptors (Lipinski definition) is 5. The van der Waals surface area contributed by atoms with Gasteiger partial charge in [0, 0.05) is 24.1 Å². The molecule has 1 aliphatic carbocycles. The van der Waals surface area contributed by atoms with Gasteiger partial charge in [-0.05, 0) is 12.8 Å². The molecular formula is C13H10N2O4. The molecule has 1 aliphatic rings. The summed E-state index contributed by atoms with van der Waals surface area (Å²) in [7, 11) is 0. The predicted molar refractivity (Wildman–Crippen MR) is 65.9 cm³/mol. The monoisotopic (exact) mass is 258 g/mol. The Kier molecular flexibility index (Phi) is 2.63. The minimum Gasteiger partial charge on any atom is -0.355 e. The number of aryl methyl sites for hydroxylation is 1. The molecule has 0 saturated heterocycles. The van der Waals surface area contributed by atoms with Crippen LogP contribution < -0.4 is 0 Å². The zero-order valence-electron chi connectivity index (χ0n) is 9.96. The molecule has 19 heavy (non-hydrogen) atoms. The summed E-state index contributed by atoms with van der Waals surface area (Å²) in [6, 6.07) is 6.03. The third-order valence-electron chi connectivity index (χ3n) is 3.18. The maximum Gasteiger partial charge on any atom is 0.270 e. The van der Waals surface area contributed by atoms with E-state index in [1.54, 1.807) is 12.1 Å². The quantitative estimate of drug-likeness (QED) is 0.610. The first kappa shape index (κ1) is 11.6. The summed E-state index contributed by atoms with van der Waals surface area (Å²) in [6.45, 7) is 0. The van der Waals surface area contributed by atoms with Crippen molar-refractivity contribution in [2.24, 2.45) is 0 Å². The van der Waals surface area contributed by atoms with E-state index in [-0.39, 0.29) is 11.5 Å². The Labute approximate surface area is 108 Å². The van der Waals surface area contributed by atoms with E-state index in [1.165, 1.54) is 12.1 Å². The molecule has 0 bridgehead atoms. The maximum absolute atomic E-state index is 11.9. The first-order valence-corrected chi connectivity index (χ1v) is 5.93. The van der Waals surface area contributed by atoms with Crippen molar-refractivity contribution in [3.05, 3.63) is 45.6 Å². The molecule has 1 aromatic heterocycles. The summed E-state index contributed by atoms with van der Waals surface area (Å²) >= 11 is 0. The van der Waals surface area contributed by atoms with Crippen molar-refractivity contribution >= 4 is 11.5 Å². The number of hydrogen-bond donors (Lipinski definition) is 0. The maximum atomic E-state index is 11.9. The van der Waals surface area contributed by atoms with E-state index in [0.29, 0.717) is 35.4 Å². The van der Waals surface area contributed by atoms with Crippen molar-refractivity contribution in [1.29, 1.82) is 0 Å². The fourth-order valence-corrected chi connectivity index (χ4v) is 2.28. The van der Waals surface area contributed by atoms with Crippen LogP contribution in [0.25, 0.3) is 11.3 Å². The molecule has 0 radical (unpaired) electrons. The molecule has 3 rings (SSSR count). The fourth-order valence-electron chi connectivity index (χ4n) is 2.28. The number of rotatable bonds is 2. The van der Waals surface area contributed by atoms with Crippen LogP contribution in [-0.4, -0.2) is 15.9 Å². The van der Waals surface area contributed by atoms with Gasteiger partial charge in [0.15, 0.2) is 11.5 Å². The standard InChI is InChI=1S/C13H10N2O4/c16-11-6-2-5-10-12(11)13(19-14-10)8-3-1-4-9(7-8)15(17)18/h1,3-4,7H,2,5-6H2. The van der Waals surface area contributed by atoms with Gasteiger partial charge in [-0.3, -0.25) is 14.9 Å². The molecule has 0 unspecified atom stereocenters. The van der Waals surface area contributed by atoms with Gasteiger partial charge in [-0.1, -0.05) is 17.3 Å². The van der Waals surface area contributed by atoms with Crippen molar-refractivity contribution in [2.75, 3.05) is 0 Å². The van der Waals surface area contributed by atoms with Crippen LogP contribution in [-0.2, 0) is 6.42 Å². The second-order valence-corrected chi connectivity index (χ2v) is 4.42. The first-order chi connectivity index (χ1) is 9.16. The van der Waals surface area contributed by atoms with Crippen LogP contribution in [0.2, 0.25) is 0 Å². The lowest BCUT2D eigenvalue weighted by atomic mass is 9.93. The van der Waals surface area contributed by atoms with Crippen LogP contribution >= 0.6 is 0 Å². The van der Waals surface area contributed by atoms with Gasteiger partial charge in [-0.2, -0.15) is 0 Å². The van der Waals surface area contributed by atoms with Crippen LogP contribution in [0.15, 0.2) is 28.8 Å². The number of aromatic nitrogens is 1. The fraction of sp³-hybridized carbons (Fsp3) is 0.231. The second kappa shape index (κ2) is 4.31. The Morgan fingerprint density at radius 2 is 2.16 bits per heavy atom. The lowest BCUT2D eigenvalue weighted by Crippen LogP contribution is -2.10. The number of benzene rings is 1. The van der Waals surface area contributed by atoms with Gasteiger partial charge in [0.25, 0.3) is 5.69 Å². The van der Waals surface area contributed by atoms with Gasteiger partial charge in [0.1, 0.15) is 0 Å². The average molecular weight is 258 g/mol. The molecule has 0 aliphatic heterocycles. The topological polar surface area (TPSA) is 86.2 Å². The van der Waals surface area contributed by atoms with Crippen molar-refractivity contribution in [1.82, 2.24) is 5.16 Å². The molecular weight excluding hydrogens is 248 g/mol. The first-order valence-electron chi connectivity index (χ1n) is 5.93. The highest BCUT2D eigenvalue weighted by Crippen LogP contribution is 2.32. The third-order valence-corrected chi connectivity index (χ3v) is 3.18. The van der Waals surface area contributed by atoms with Crippen LogP contribution in [0, 0.1) is 10.1 Å². The SMILES string of the molecule is O=C1CCCc2noc(-c3cccc([N+](=O)[O-])c3)c21. The summed E-state index contributed by atoms with van der Waals surface area (Å²) in [5, 5.41) is 14.7. The minimum atomic E-state index is -0.478. The Bertz CT molecular complexity index is 675. The van der Waals surface area contributed by atoms with E-state index in [4.69, 9.17) is 4.52 Å². The summed E-state index contributed by atoms with van der Waals surface area (Å²) in [4.78, 5) is 22.2. The number of carbonyl (C=O) groups is 1. The number of nitro groups is 1. The molecule has 96 valence electrons. The number of fused-ring (bicyclic) bond motifs is 1. The lowest BCUT2D eigenvalue weighted by molar-refractivity contribution is -0.384. The number of carbonyl (C=O) groups excluding carboxylic acids is 1. The van der Waals surface area contributed by atoms with E-state index in [0.717, 1.165) is 6.42 Å². The molecule has 0 fully saturated rings. The number of Topliss-reactive ketones (excluding diaryl/α,β-unsaturated/α-hetero) is 1. The van der Waals surface area contributed by atoms with E-state index >= 15 is 0 Å². The number of nitro benzene ring substituents is 1. The molecule has 0 atom stereocenters. The highest BCUT2D eigenvalue weighted by Gasteiger charge is 2.27. The number of ketones is 1. The van der Waals surface area contributed by atoms with Crippen LogP contribution in [0.3, 0.4) is 0 Å². The Morgan fingerprint density at radius 1 is 1.32 bits per heavy atom. The summed E-state index contributed by atoms with van der Waals surface area (Å²) in [6.07, 6.45) is 1.95. The highest BCUT2D eigenvalue weighted by atomic mass is 16.6. The van der Waals surface area contributed by atoms with Crippen molar-refractivity contribution < 1.29 is 14.2 Å². The molecule has 2 aromatic rings. The number of nitrogens with zero attached hydrogens (tertiary/aromatic N) is 2. The zero-order chi connectivity index (χ0) is 13.4. The Morgan fingerprint density at radius 3 is 2.95 bits per heavy atom. The van der Waals surface area contributed by atoms with Crippen LogP contribution in [0.1, 0.15) is 28.9 Å². The molecule has 0 spiro atoms. The third kappa shape index (κ3) is 1.91. The van der Waals surface area contributed by atoms with Gasteiger partial charge < -0.3 is 4.52 Å². The van der Waals surface area contributed by atoms with E-state index in [9.17, 15) is 14.9 Å². The predicted octanol–water partition coefficient (Wildman–Crippen LogP) is 2.77. The smallest absolute Gasteiger partial charge is 0.270 e. The van der Waals surface area contributed by atoms with Crippen LogP contribution in [0.5, 0.6) is 0 Å². The normalized spacial score (nSPS) is 14.2. The number of non-ortho nitro benzene ring substituents is 1. The van der Waals surface area contributed by atoms with Crippen LogP contribution in [0.4, 0.5) is 5.69 Å². The van der Waals surface area contributed by atoms with Crippen molar-refractivity contribution in [2.45, 2.75) is 19.3 Å². The van der Waals surface area contributed by atoms with Gasteiger partial charge in [-0.25, -0.2) is 0 Å². The highest BCUT2D eigenvalue weighted by molar-refractivity contribution is 6.03. The van der Waals surface area contributed by atoms with Gasteiger partial charge in [0.2, 0.25) is 0 Å². The Balaban J connectivity index is 2.13. The molecule has 0 saturated carbocycles. The van der Waals surface area contributed by atoms with Crippen molar-refractivity contribution in [3.63, 3.8) is 0 Å². The Hall–Kier alpha value is -2.50. The molecule has 6 nitrogen and oxygen atoms in total. The van der Waals surface area contributed by atoms with E-state index in [2.05, 4.69) is 5.16 Å². The molecule has 0 amide bonds. The molecule has 6 heteroatoms. The molecule has 1 aromatic carbocycles. The second-order valence-electron chi connectivity index (χ2n) is 4.42. The van der Waals surface area contributed by atoms with E-state index < -0.39 is 4.92 Å². The van der Waals surface area contributed by atoms with E-state index in [1.807, 2.05) is 0 Å². The lowest BCUT2D eigenvalue weighted by Gasteiger charge is -2.08. The zero-order valence-corrected chi connectivity index (χ0v) is 9.96. The average Bonchev–Trinajstić information content (AvgIpc) is 2.84. The molecule has 1 heterocycles. The minimum absolute atomic E-state index is 0.0102. The van der Waals surface area contributed by atoms with Gasteiger partial charge in [0.05, 0.1) is 16.2 Å². The molecule has 0 N–H and O–H groups in total. The van der Waals surface area contributed by atoms with Gasteiger partial charge in [-0.15, -0.1) is 0 Å². The van der Waals surface area contributed by atoms with Gasteiger partial charge >= 0.3 is 0 Å². The summed E-state index contributed by atoms with van der Waals surface area (Å²) in [5.41, 5.74) is 1.61. The summed E-state index contributed by atoms with van der Waals surface area (Å²) in [5.74, 6) is 0.326. The largest absolute Gasteiger partial charge is 0.355 e. The van der Waals surface area contributed by atoms with Crippen molar-refractivity contribution in [3.8, 4) is 11.3 Å².